The fourth-order valence-corrected chi connectivity index (χ4v) is 2.21. The van der Waals surface area contributed by atoms with Crippen molar-refractivity contribution in [3.8, 4) is 0 Å². The fourth-order valence-electron chi connectivity index (χ4n) is 2.21. The van der Waals surface area contributed by atoms with Crippen LogP contribution in [0.1, 0.15) is 60.8 Å². The van der Waals surface area contributed by atoms with Crippen molar-refractivity contribution < 1.29 is 19.4 Å². The summed E-state index contributed by atoms with van der Waals surface area (Å²) in [5.74, 6) is -0.968. The number of carboxylic acids is 1. The Morgan fingerprint density at radius 2 is 1.68 bits per heavy atom. The summed E-state index contributed by atoms with van der Waals surface area (Å²) in [4.78, 5) is 25.2. The number of aliphatic carboxylic acids is 1. The first-order chi connectivity index (χ1) is 8.64. The Balaban J connectivity index is 5.36. The van der Waals surface area contributed by atoms with Gasteiger partial charge in [0.15, 0.2) is 0 Å². The van der Waals surface area contributed by atoms with Gasteiger partial charge in [0.25, 0.3) is 0 Å². The summed E-state index contributed by atoms with van der Waals surface area (Å²) in [7, 11) is 0. The number of likely N-dealkylation sites (N-methyl/N-ethyl adjacent to an activating group) is 1. The molecule has 0 aliphatic heterocycles. The highest BCUT2D eigenvalue weighted by molar-refractivity contribution is 5.84. The summed E-state index contributed by atoms with van der Waals surface area (Å²) in [5.41, 5.74) is -1.81. The van der Waals surface area contributed by atoms with Crippen LogP contribution in [-0.2, 0) is 9.53 Å². The number of ether oxygens (including phenoxy) is 1. The molecule has 0 aliphatic rings. The van der Waals surface area contributed by atoms with E-state index in [1.165, 1.54) is 4.90 Å². The van der Waals surface area contributed by atoms with Crippen LogP contribution in [0.15, 0.2) is 0 Å². The van der Waals surface area contributed by atoms with Crippen LogP contribution < -0.4 is 0 Å². The van der Waals surface area contributed by atoms with Crippen molar-refractivity contribution >= 4 is 12.1 Å². The lowest BCUT2D eigenvalue weighted by molar-refractivity contribution is -0.152. The molecule has 112 valence electrons. The van der Waals surface area contributed by atoms with Crippen molar-refractivity contribution in [2.45, 2.75) is 71.9 Å². The number of carbonyl (C=O) groups excluding carboxylic acids is 1. The lowest BCUT2D eigenvalue weighted by atomic mass is 9.89. The van der Waals surface area contributed by atoms with Crippen LogP contribution in [0, 0.1) is 0 Å². The maximum atomic E-state index is 12.2. The highest BCUT2D eigenvalue weighted by Crippen LogP contribution is 2.28. The number of hydrogen-bond donors (Lipinski definition) is 1. The van der Waals surface area contributed by atoms with Gasteiger partial charge >= 0.3 is 12.1 Å². The molecule has 0 saturated carbocycles. The van der Waals surface area contributed by atoms with Gasteiger partial charge in [0, 0.05) is 6.54 Å². The van der Waals surface area contributed by atoms with E-state index in [0.717, 1.165) is 0 Å². The van der Waals surface area contributed by atoms with Gasteiger partial charge in [-0.2, -0.15) is 0 Å². The molecule has 5 heteroatoms. The highest BCUT2D eigenvalue weighted by atomic mass is 16.6. The van der Waals surface area contributed by atoms with Crippen LogP contribution >= 0.6 is 0 Å². The molecule has 1 atom stereocenters. The first kappa shape index (κ1) is 17.7. The minimum absolute atomic E-state index is 0.315. The van der Waals surface area contributed by atoms with Crippen LogP contribution in [0.2, 0.25) is 0 Å². The molecule has 0 aliphatic carbocycles. The Bertz CT molecular complexity index is 322. The van der Waals surface area contributed by atoms with Gasteiger partial charge in [-0.05, 0) is 40.5 Å². The molecule has 1 unspecified atom stereocenters. The summed E-state index contributed by atoms with van der Waals surface area (Å²) in [5, 5.41) is 9.55. The molecular formula is C14H27NO4. The fraction of sp³-hybridized carbons (Fsp3) is 0.857. The van der Waals surface area contributed by atoms with Crippen LogP contribution in [-0.4, -0.2) is 39.8 Å². The molecule has 0 heterocycles. The zero-order valence-corrected chi connectivity index (χ0v) is 12.9. The summed E-state index contributed by atoms with van der Waals surface area (Å²) in [6.07, 6.45) is 0.918. The number of carbonyl (C=O) groups is 2. The summed E-state index contributed by atoms with van der Waals surface area (Å²) in [6, 6.07) is 0. The molecule has 0 fully saturated rings. The van der Waals surface area contributed by atoms with Crippen LogP contribution in [0.25, 0.3) is 0 Å². The summed E-state index contributed by atoms with van der Waals surface area (Å²) < 4.78 is 5.32. The first-order valence-corrected chi connectivity index (χ1v) is 6.88. The predicted molar refractivity (Wildman–Crippen MR) is 74.2 cm³/mol. The van der Waals surface area contributed by atoms with E-state index in [4.69, 9.17) is 4.74 Å². The topological polar surface area (TPSA) is 66.8 Å². The number of carboxylic acid groups (broad SMARTS) is 1. The molecular weight excluding hydrogens is 246 g/mol. The summed E-state index contributed by atoms with van der Waals surface area (Å²) >= 11 is 0. The predicted octanol–water partition coefficient (Wildman–Crippen LogP) is 3.28. The first-order valence-electron chi connectivity index (χ1n) is 6.88. The van der Waals surface area contributed by atoms with E-state index >= 15 is 0 Å². The SMILES string of the molecule is CCCC(CC)(C(=O)O)N(CC)C(=O)OC(C)(C)C. The van der Waals surface area contributed by atoms with Gasteiger partial charge < -0.3 is 9.84 Å². The van der Waals surface area contributed by atoms with Crippen LogP contribution in [0.3, 0.4) is 0 Å². The standard InChI is InChI=1S/C14H27NO4/c1-7-10-14(8-2,11(16)17)15(9-3)12(18)19-13(4,5)6/h7-10H2,1-6H3,(H,16,17). The van der Waals surface area contributed by atoms with Crippen molar-refractivity contribution in [2.75, 3.05) is 6.54 Å². The number of hydrogen-bond acceptors (Lipinski definition) is 3. The molecule has 0 saturated heterocycles. The van der Waals surface area contributed by atoms with E-state index in [2.05, 4.69) is 0 Å². The minimum Gasteiger partial charge on any atom is -0.479 e. The van der Waals surface area contributed by atoms with Gasteiger partial charge in [0.05, 0.1) is 0 Å². The lowest BCUT2D eigenvalue weighted by Crippen LogP contribution is -2.57. The molecule has 1 N–H and O–H groups in total. The van der Waals surface area contributed by atoms with Gasteiger partial charge in [-0.15, -0.1) is 0 Å². The number of rotatable bonds is 6. The van der Waals surface area contributed by atoms with E-state index in [9.17, 15) is 14.7 Å². The average Bonchev–Trinajstić information content (AvgIpc) is 2.25. The molecule has 0 aromatic carbocycles. The third-order valence-corrected chi connectivity index (χ3v) is 3.09. The minimum atomic E-state index is -1.17. The van der Waals surface area contributed by atoms with Crippen molar-refractivity contribution in [2.24, 2.45) is 0 Å². The third-order valence-electron chi connectivity index (χ3n) is 3.09. The maximum Gasteiger partial charge on any atom is 0.411 e. The van der Waals surface area contributed by atoms with Gasteiger partial charge in [0.2, 0.25) is 0 Å². The second-order valence-electron chi connectivity index (χ2n) is 5.66. The molecule has 0 aromatic heterocycles. The summed E-state index contributed by atoms with van der Waals surface area (Å²) in [6.45, 7) is 11.1. The molecule has 5 nitrogen and oxygen atoms in total. The molecule has 0 bridgehead atoms. The Morgan fingerprint density at radius 1 is 1.16 bits per heavy atom. The Morgan fingerprint density at radius 3 is 1.95 bits per heavy atom. The highest BCUT2D eigenvalue weighted by Gasteiger charge is 2.45. The molecule has 0 rings (SSSR count). The van der Waals surface area contributed by atoms with Gasteiger partial charge in [0.1, 0.15) is 11.1 Å². The number of amides is 1. The zero-order chi connectivity index (χ0) is 15.3. The quantitative estimate of drug-likeness (QED) is 0.806. The van der Waals surface area contributed by atoms with Gasteiger partial charge in [-0.1, -0.05) is 20.3 Å². The van der Waals surface area contributed by atoms with Crippen LogP contribution in [0.5, 0.6) is 0 Å². The maximum absolute atomic E-state index is 12.2. The zero-order valence-electron chi connectivity index (χ0n) is 12.9. The molecule has 1 amide bonds. The number of nitrogens with zero attached hydrogens (tertiary/aromatic N) is 1. The van der Waals surface area contributed by atoms with Crippen molar-refractivity contribution in [3.05, 3.63) is 0 Å². The average molecular weight is 273 g/mol. The van der Waals surface area contributed by atoms with E-state index in [1.807, 2.05) is 6.92 Å². The monoisotopic (exact) mass is 273 g/mol. The van der Waals surface area contributed by atoms with E-state index < -0.39 is 23.2 Å². The molecule has 0 spiro atoms. The van der Waals surface area contributed by atoms with E-state index in [0.29, 0.717) is 25.8 Å². The smallest absolute Gasteiger partial charge is 0.411 e. The second kappa shape index (κ2) is 6.78. The third kappa shape index (κ3) is 4.40. The van der Waals surface area contributed by atoms with Crippen LogP contribution in [0.4, 0.5) is 4.79 Å². The van der Waals surface area contributed by atoms with E-state index in [1.54, 1.807) is 34.6 Å². The normalized spacial score (nSPS) is 14.6. The van der Waals surface area contributed by atoms with Crippen molar-refractivity contribution in [1.29, 1.82) is 0 Å². The van der Waals surface area contributed by atoms with Gasteiger partial charge in [-0.3, -0.25) is 4.90 Å². The second-order valence-corrected chi connectivity index (χ2v) is 5.66. The van der Waals surface area contributed by atoms with Crippen molar-refractivity contribution in [1.82, 2.24) is 4.90 Å². The molecule has 0 aromatic rings. The van der Waals surface area contributed by atoms with Crippen molar-refractivity contribution in [3.63, 3.8) is 0 Å². The Kier molecular flexibility index (Phi) is 6.33. The Hall–Kier alpha value is -1.26. The molecule has 19 heavy (non-hydrogen) atoms. The molecule has 0 radical (unpaired) electrons. The van der Waals surface area contributed by atoms with Gasteiger partial charge in [-0.25, -0.2) is 9.59 Å². The largest absolute Gasteiger partial charge is 0.479 e. The van der Waals surface area contributed by atoms with E-state index in [-0.39, 0.29) is 0 Å². The Labute approximate surface area is 115 Å². The lowest BCUT2D eigenvalue weighted by Gasteiger charge is -2.40.